The molecule has 2 aromatic rings. The molecule has 2 heterocycles. The van der Waals surface area contributed by atoms with Gasteiger partial charge >= 0.3 is 0 Å². The molecule has 3 heteroatoms. The summed E-state index contributed by atoms with van der Waals surface area (Å²) in [5.74, 6) is 0. The van der Waals surface area contributed by atoms with Crippen LogP contribution in [0.4, 0.5) is 0 Å². The fourth-order valence-corrected chi connectivity index (χ4v) is 2.60. The minimum Gasteiger partial charge on any atom is -0.371 e. The van der Waals surface area contributed by atoms with Crippen molar-refractivity contribution >= 4 is 0 Å². The molecule has 0 bridgehead atoms. The summed E-state index contributed by atoms with van der Waals surface area (Å²) >= 11 is 0. The van der Waals surface area contributed by atoms with Crippen LogP contribution in [-0.2, 0) is 11.3 Å². The Kier molecular flexibility index (Phi) is 4.09. The van der Waals surface area contributed by atoms with Gasteiger partial charge in [0.25, 0.3) is 0 Å². The average molecular weight is 268 g/mol. The van der Waals surface area contributed by atoms with Gasteiger partial charge < -0.3 is 4.74 Å². The van der Waals surface area contributed by atoms with E-state index in [1.807, 2.05) is 24.4 Å². The van der Waals surface area contributed by atoms with E-state index in [1.165, 1.54) is 5.56 Å². The van der Waals surface area contributed by atoms with Crippen molar-refractivity contribution in [1.29, 1.82) is 0 Å². The van der Waals surface area contributed by atoms with Crippen molar-refractivity contribution in [2.45, 2.75) is 25.6 Å². The maximum absolute atomic E-state index is 5.98. The molecule has 1 aliphatic heterocycles. The standard InChI is InChI=1S/C17H20N2O/c1-14-13-20-17(15-7-3-2-4-8-15)12-19(14)11-16-9-5-6-10-18-16/h2-10,14,17H,11-13H2,1H3/t14-,17+/m0/s1. The molecule has 0 spiro atoms. The number of hydrogen-bond acceptors (Lipinski definition) is 3. The molecule has 104 valence electrons. The second kappa shape index (κ2) is 6.16. The number of pyridine rings is 1. The normalized spacial score (nSPS) is 23.6. The topological polar surface area (TPSA) is 25.4 Å². The van der Waals surface area contributed by atoms with Gasteiger partial charge in [0, 0.05) is 25.3 Å². The third-order valence-electron chi connectivity index (χ3n) is 3.82. The lowest BCUT2D eigenvalue weighted by Gasteiger charge is -2.38. The monoisotopic (exact) mass is 268 g/mol. The highest BCUT2D eigenvalue weighted by Gasteiger charge is 2.27. The van der Waals surface area contributed by atoms with Crippen LogP contribution < -0.4 is 0 Å². The number of rotatable bonds is 3. The highest BCUT2D eigenvalue weighted by atomic mass is 16.5. The number of benzene rings is 1. The smallest absolute Gasteiger partial charge is 0.0952 e. The van der Waals surface area contributed by atoms with Crippen LogP contribution in [-0.4, -0.2) is 29.1 Å². The highest BCUT2D eigenvalue weighted by molar-refractivity contribution is 5.18. The van der Waals surface area contributed by atoms with Crippen LogP contribution >= 0.6 is 0 Å². The quantitative estimate of drug-likeness (QED) is 0.855. The number of aromatic nitrogens is 1. The Hall–Kier alpha value is -1.71. The molecule has 0 radical (unpaired) electrons. The molecule has 3 rings (SSSR count). The predicted molar refractivity (Wildman–Crippen MR) is 79.2 cm³/mol. The third kappa shape index (κ3) is 3.06. The predicted octanol–water partition coefficient (Wildman–Crippen LogP) is 3.04. The minimum absolute atomic E-state index is 0.163. The first kappa shape index (κ1) is 13.3. The van der Waals surface area contributed by atoms with E-state index in [9.17, 15) is 0 Å². The fraction of sp³-hybridized carbons (Fsp3) is 0.353. The zero-order valence-corrected chi connectivity index (χ0v) is 11.8. The van der Waals surface area contributed by atoms with Crippen LogP contribution in [0.25, 0.3) is 0 Å². The van der Waals surface area contributed by atoms with Crippen LogP contribution in [0.15, 0.2) is 54.7 Å². The van der Waals surface area contributed by atoms with Gasteiger partial charge in [-0.25, -0.2) is 0 Å². The molecule has 1 fully saturated rings. The van der Waals surface area contributed by atoms with Gasteiger partial charge in [-0.2, -0.15) is 0 Å². The molecule has 0 aliphatic carbocycles. The average Bonchev–Trinajstić information content (AvgIpc) is 2.51. The second-order valence-corrected chi connectivity index (χ2v) is 5.33. The van der Waals surface area contributed by atoms with Gasteiger partial charge in [0.05, 0.1) is 18.4 Å². The molecule has 1 saturated heterocycles. The summed E-state index contributed by atoms with van der Waals surface area (Å²) in [6, 6.07) is 17.0. The molecule has 0 unspecified atom stereocenters. The Morgan fingerprint density at radius 2 is 1.95 bits per heavy atom. The van der Waals surface area contributed by atoms with Crippen molar-refractivity contribution in [2.75, 3.05) is 13.2 Å². The number of ether oxygens (including phenoxy) is 1. The van der Waals surface area contributed by atoms with Crippen molar-refractivity contribution in [1.82, 2.24) is 9.88 Å². The molecule has 0 amide bonds. The summed E-state index contributed by atoms with van der Waals surface area (Å²) in [7, 11) is 0. The first-order chi connectivity index (χ1) is 9.83. The van der Waals surface area contributed by atoms with E-state index in [0.717, 1.165) is 25.4 Å². The van der Waals surface area contributed by atoms with E-state index < -0.39 is 0 Å². The van der Waals surface area contributed by atoms with Gasteiger partial charge in [0.2, 0.25) is 0 Å². The van der Waals surface area contributed by atoms with Crippen LogP contribution in [0.1, 0.15) is 24.3 Å². The summed E-state index contributed by atoms with van der Waals surface area (Å²) in [4.78, 5) is 6.87. The Morgan fingerprint density at radius 3 is 2.70 bits per heavy atom. The molecule has 1 aromatic carbocycles. The van der Waals surface area contributed by atoms with Crippen LogP contribution in [0, 0.1) is 0 Å². The van der Waals surface area contributed by atoms with Crippen molar-refractivity contribution in [3.8, 4) is 0 Å². The van der Waals surface area contributed by atoms with Crippen LogP contribution in [0.2, 0.25) is 0 Å². The van der Waals surface area contributed by atoms with Crippen molar-refractivity contribution in [2.24, 2.45) is 0 Å². The molecule has 20 heavy (non-hydrogen) atoms. The van der Waals surface area contributed by atoms with E-state index in [0.29, 0.717) is 6.04 Å². The lowest BCUT2D eigenvalue weighted by molar-refractivity contribution is -0.0636. The number of morpholine rings is 1. The number of hydrogen-bond donors (Lipinski definition) is 0. The first-order valence-electron chi connectivity index (χ1n) is 7.13. The molecule has 1 aromatic heterocycles. The van der Waals surface area contributed by atoms with Gasteiger partial charge in [-0.15, -0.1) is 0 Å². The Balaban J connectivity index is 1.71. The van der Waals surface area contributed by atoms with Gasteiger partial charge in [-0.3, -0.25) is 9.88 Å². The maximum Gasteiger partial charge on any atom is 0.0952 e. The van der Waals surface area contributed by atoms with E-state index in [2.05, 4.69) is 47.1 Å². The lowest BCUT2D eigenvalue weighted by atomic mass is 10.1. The molecule has 0 N–H and O–H groups in total. The van der Waals surface area contributed by atoms with Gasteiger partial charge in [0.1, 0.15) is 0 Å². The largest absolute Gasteiger partial charge is 0.371 e. The molecule has 2 atom stereocenters. The third-order valence-corrected chi connectivity index (χ3v) is 3.82. The zero-order valence-electron chi connectivity index (χ0n) is 11.8. The molecule has 3 nitrogen and oxygen atoms in total. The van der Waals surface area contributed by atoms with Crippen molar-refractivity contribution < 1.29 is 4.74 Å². The highest BCUT2D eigenvalue weighted by Crippen LogP contribution is 2.25. The Morgan fingerprint density at radius 1 is 1.15 bits per heavy atom. The maximum atomic E-state index is 5.98. The Bertz CT molecular complexity index is 529. The zero-order chi connectivity index (χ0) is 13.8. The summed E-state index contributed by atoms with van der Waals surface area (Å²) in [5, 5.41) is 0. The van der Waals surface area contributed by atoms with Crippen LogP contribution in [0.5, 0.6) is 0 Å². The molecular weight excluding hydrogens is 248 g/mol. The fourth-order valence-electron chi connectivity index (χ4n) is 2.60. The van der Waals surface area contributed by atoms with E-state index in [1.54, 1.807) is 0 Å². The lowest BCUT2D eigenvalue weighted by Crippen LogP contribution is -2.44. The van der Waals surface area contributed by atoms with Crippen molar-refractivity contribution in [3.63, 3.8) is 0 Å². The minimum atomic E-state index is 0.163. The molecule has 1 aliphatic rings. The van der Waals surface area contributed by atoms with E-state index in [4.69, 9.17) is 4.74 Å². The van der Waals surface area contributed by atoms with E-state index >= 15 is 0 Å². The van der Waals surface area contributed by atoms with E-state index in [-0.39, 0.29) is 6.10 Å². The SMILES string of the molecule is C[C@H]1CO[C@@H](c2ccccc2)CN1Cc1ccccn1. The van der Waals surface area contributed by atoms with Gasteiger partial charge in [-0.05, 0) is 24.6 Å². The summed E-state index contributed by atoms with van der Waals surface area (Å²) in [6.07, 6.45) is 2.02. The van der Waals surface area contributed by atoms with Crippen molar-refractivity contribution in [3.05, 3.63) is 66.0 Å². The summed E-state index contributed by atoms with van der Waals surface area (Å²) in [5.41, 5.74) is 2.37. The first-order valence-corrected chi connectivity index (χ1v) is 7.13. The van der Waals surface area contributed by atoms with Gasteiger partial charge in [0.15, 0.2) is 0 Å². The number of nitrogens with zero attached hydrogens (tertiary/aromatic N) is 2. The summed E-state index contributed by atoms with van der Waals surface area (Å²) in [6.45, 7) is 4.78. The summed E-state index contributed by atoms with van der Waals surface area (Å²) < 4.78 is 5.98. The second-order valence-electron chi connectivity index (χ2n) is 5.33. The van der Waals surface area contributed by atoms with Gasteiger partial charge in [-0.1, -0.05) is 36.4 Å². The Labute approximate surface area is 120 Å². The molecular formula is C17H20N2O. The van der Waals surface area contributed by atoms with Crippen LogP contribution in [0.3, 0.4) is 0 Å². The molecule has 0 saturated carbocycles.